The maximum atomic E-state index is 6.47. The smallest absolute Gasteiger partial charge is 0.124 e. The lowest BCUT2D eigenvalue weighted by Crippen LogP contribution is -2.69. The molecule has 0 bridgehead atoms. The van der Waals surface area contributed by atoms with Crippen LogP contribution in [-0.2, 0) is 9.47 Å². The Labute approximate surface area is 239 Å². The first kappa shape index (κ1) is 31.1. The van der Waals surface area contributed by atoms with E-state index in [1.54, 1.807) is 7.11 Å². The van der Waals surface area contributed by atoms with E-state index in [1.165, 1.54) is 33.5 Å². The van der Waals surface area contributed by atoms with Gasteiger partial charge >= 0.3 is 0 Å². The minimum atomic E-state index is -0.123. The summed E-state index contributed by atoms with van der Waals surface area (Å²) in [5.74, 6) is 1.30. The molecule has 216 valence electrons. The summed E-state index contributed by atoms with van der Waals surface area (Å²) in [4.78, 5) is 0. The minimum Gasteiger partial charge on any atom is -0.501 e. The summed E-state index contributed by atoms with van der Waals surface area (Å²) in [6, 6.07) is 3.05. The number of nitrogens with one attached hydrogen (secondary N) is 2. The maximum Gasteiger partial charge on any atom is 0.124 e. The zero-order valence-corrected chi connectivity index (χ0v) is 26.9. The van der Waals surface area contributed by atoms with Crippen LogP contribution < -0.4 is 10.6 Å². The van der Waals surface area contributed by atoms with Gasteiger partial charge in [0, 0.05) is 34.5 Å². The van der Waals surface area contributed by atoms with Crippen LogP contribution in [0.3, 0.4) is 0 Å². The Morgan fingerprint density at radius 1 is 1.10 bits per heavy atom. The van der Waals surface area contributed by atoms with Gasteiger partial charge in [-0.25, -0.2) is 0 Å². The van der Waals surface area contributed by atoms with Crippen molar-refractivity contribution >= 4 is 6.08 Å². The first-order valence-electron chi connectivity index (χ1n) is 14.7. The SMILES string of the molecule is CC/C=C\C1C(c2cc(C)c(C)c(C)c2/C=C\OC(/C=C(\OC)C(C)(C)C)C(C)(C)C)N[C@@]1(C)C1=CC(C)N1. The average molecular weight is 535 g/mol. The molecule has 39 heavy (non-hydrogen) atoms. The summed E-state index contributed by atoms with van der Waals surface area (Å²) in [7, 11) is 1.75. The molecule has 3 rings (SSSR count). The summed E-state index contributed by atoms with van der Waals surface area (Å²) in [6.45, 7) is 26.5. The second-order valence-corrected chi connectivity index (χ2v) is 13.9. The number of aryl methyl sites for hydroxylation is 1. The molecule has 0 aliphatic carbocycles. The van der Waals surface area contributed by atoms with Crippen LogP contribution in [0, 0.1) is 37.5 Å². The van der Waals surface area contributed by atoms with Crippen LogP contribution in [0.15, 0.2) is 48.1 Å². The molecule has 2 N–H and O–H groups in total. The fraction of sp³-hybridized carbons (Fsp3) is 0.600. The average Bonchev–Trinajstić information content (AvgIpc) is 2.80. The predicted molar refractivity (Wildman–Crippen MR) is 166 cm³/mol. The van der Waals surface area contributed by atoms with E-state index in [2.05, 4.69) is 130 Å². The summed E-state index contributed by atoms with van der Waals surface area (Å²) >= 11 is 0. The van der Waals surface area contributed by atoms with Crippen LogP contribution in [-0.4, -0.2) is 24.8 Å². The van der Waals surface area contributed by atoms with E-state index in [-0.39, 0.29) is 28.5 Å². The fourth-order valence-corrected chi connectivity index (χ4v) is 5.73. The van der Waals surface area contributed by atoms with Gasteiger partial charge in [-0.05, 0) is 87.1 Å². The van der Waals surface area contributed by atoms with Crippen LogP contribution in [0.1, 0.15) is 103 Å². The Kier molecular flexibility index (Phi) is 9.22. The van der Waals surface area contributed by atoms with Gasteiger partial charge in [-0.3, -0.25) is 5.32 Å². The third-order valence-corrected chi connectivity index (χ3v) is 8.57. The van der Waals surface area contributed by atoms with E-state index >= 15 is 0 Å². The van der Waals surface area contributed by atoms with Crippen molar-refractivity contribution in [2.75, 3.05) is 7.11 Å². The molecule has 1 fully saturated rings. The van der Waals surface area contributed by atoms with Crippen LogP contribution in [0.5, 0.6) is 0 Å². The van der Waals surface area contributed by atoms with Gasteiger partial charge in [0.1, 0.15) is 11.9 Å². The van der Waals surface area contributed by atoms with Crippen LogP contribution >= 0.6 is 0 Å². The van der Waals surface area contributed by atoms with Crippen LogP contribution in [0.4, 0.5) is 0 Å². The van der Waals surface area contributed by atoms with Crippen molar-refractivity contribution < 1.29 is 9.47 Å². The molecule has 2 aliphatic rings. The highest BCUT2D eigenvalue weighted by Gasteiger charge is 2.53. The zero-order valence-electron chi connectivity index (χ0n) is 26.9. The van der Waals surface area contributed by atoms with E-state index in [1.807, 2.05) is 6.26 Å². The molecule has 4 heteroatoms. The van der Waals surface area contributed by atoms with E-state index in [4.69, 9.17) is 9.47 Å². The summed E-state index contributed by atoms with van der Waals surface area (Å²) < 4.78 is 12.2. The van der Waals surface area contributed by atoms with Gasteiger partial charge in [-0.15, -0.1) is 0 Å². The van der Waals surface area contributed by atoms with Gasteiger partial charge in [0.15, 0.2) is 0 Å². The number of allylic oxidation sites excluding steroid dienone is 2. The number of rotatable bonds is 9. The zero-order chi connectivity index (χ0) is 29.3. The Morgan fingerprint density at radius 2 is 1.74 bits per heavy atom. The number of hydrogen-bond donors (Lipinski definition) is 2. The van der Waals surface area contributed by atoms with Crippen LogP contribution in [0.2, 0.25) is 0 Å². The summed E-state index contributed by atoms with van der Waals surface area (Å²) in [6.07, 6.45) is 14.2. The van der Waals surface area contributed by atoms with Crippen molar-refractivity contribution in [1.82, 2.24) is 10.6 Å². The number of methoxy groups -OCH3 is 1. The minimum absolute atomic E-state index is 0.0847. The Bertz CT molecular complexity index is 1160. The molecule has 2 heterocycles. The number of benzene rings is 1. The Balaban J connectivity index is 2.00. The molecule has 0 saturated carbocycles. The summed E-state index contributed by atoms with van der Waals surface area (Å²) in [5, 5.41) is 7.58. The molecule has 0 amide bonds. The van der Waals surface area contributed by atoms with E-state index < -0.39 is 0 Å². The van der Waals surface area contributed by atoms with Gasteiger partial charge < -0.3 is 14.8 Å². The highest BCUT2D eigenvalue weighted by Crippen LogP contribution is 2.49. The third kappa shape index (κ3) is 6.48. The first-order valence-corrected chi connectivity index (χ1v) is 14.7. The molecular formula is C35H54N2O2. The van der Waals surface area contributed by atoms with Crippen molar-refractivity contribution in [1.29, 1.82) is 0 Å². The standard InChI is InChI=1S/C35H54N2O2/c1-14-15-16-28-32(37-35(28,12)29-20-23(3)36-29)27-19-22(2)24(4)25(5)26(27)17-18-39-31(34(9,10)11)21-30(38-13)33(6,7)8/h15-21,23,28,31-32,36-37H,14H2,1-13H3/b16-15-,18-17-,30-21-/t23?,28?,31?,32?,35-/m1/s1. The van der Waals surface area contributed by atoms with Gasteiger partial charge in [-0.1, -0.05) is 66.7 Å². The largest absolute Gasteiger partial charge is 0.501 e. The molecule has 1 saturated heterocycles. The maximum absolute atomic E-state index is 6.47. The monoisotopic (exact) mass is 534 g/mol. The Hall–Kier alpha value is -2.46. The molecule has 1 aromatic rings. The number of hydrogen-bond acceptors (Lipinski definition) is 4. The molecule has 0 spiro atoms. The molecule has 2 aliphatic heterocycles. The highest BCUT2D eigenvalue weighted by molar-refractivity contribution is 5.63. The van der Waals surface area contributed by atoms with Gasteiger partial charge in [0.2, 0.25) is 0 Å². The lowest BCUT2D eigenvalue weighted by molar-refractivity contribution is 0.0780. The van der Waals surface area contributed by atoms with Crippen molar-refractivity contribution in [3.63, 3.8) is 0 Å². The van der Waals surface area contributed by atoms with Gasteiger partial charge in [0.25, 0.3) is 0 Å². The van der Waals surface area contributed by atoms with E-state index in [0.29, 0.717) is 12.0 Å². The third-order valence-electron chi connectivity index (χ3n) is 8.57. The van der Waals surface area contributed by atoms with Gasteiger partial charge in [0.05, 0.1) is 18.9 Å². The lowest BCUT2D eigenvalue weighted by Gasteiger charge is -2.57. The molecular weight excluding hydrogens is 480 g/mol. The second-order valence-electron chi connectivity index (χ2n) is 13.9. The highest BCUT2D eigenvalue weighted by atomic mass is 16.5. The first-order chi connectivity index (χ1) is 18.0. The lowest BCUT2D eigenvalue weighted by atomic mass is 9.64. The normalized spacial score (nSPS) is 26.6. The molecule has 0 radical (unpaired) electrons. The Morgan fingerprint density at radius 3 is 2.26 bits per heavy atom. The predicted octanol–water partition coefficient (Wildman–Crippen LogP) is 8.45. The van der Waals surface area contributed by atoms with Gasteiger partial charge in [-0.2, -0.15) is 0 Å². The summed E-state index contributed by atoms with van der Waals surface area (Å²) in [5.41, 5.74) is 7.60. The quantitative estimate of drug-likeness (QED) is 0.246. The van der Waals surface area contributed by atoms with Crippen molar-refractivity contribution in [2.24, 2.45) is 16.7 Å². The fourth-order valence-electron chi connectivity index (χ4n) is 5.73. The van der Waals surface area contributed by atoms with Crippen molar-refractivity contribution in [3.8, 4) is 0 Å². The molecule has 5 atom stereocenters. The van der Waals surface area contributed by atoms with E-state index in [9.17, 15) is 0 Å². The van der Waals surface area contributed by atoms with Crippen molar-refractivity contribution in [3.05, 3.63) is 75.9 Å². The molecule has 4 unspecified atom stereocenters. The molecule has 0 aromatic heterocycles. The van der Waals surface area contributed by atoms with E-state index in [0.717, 1.165) is 12.2 Å². The topological polar surface area (TPSA) is 42.5 Å². The molecule has 1 aromatic carbocycles. The van der Waals surface area contributed by atoms with Crippen molar-refractivity contribution in [2.45, 2.75) is 113 Å². The van der Waals surface area contributed by atoms with Crippen LogP contribution in [0.25, 0.3) is 6.08 Å². The second kappa shape index (κ2) is 11.6. The number of ether oxygens (including phenoxy) is 2. The molecule has 4 nitrogen and oxygen atoms in total.